The first-order valence-electron chi connectivity index (χ1n) is 9.52. The van der Waals surface area contributed by atoms with Crippen molar-refractivity contribution in [1.82, 2.24) is 14.9 Å². The van der Waals surface area contributed by atoms with Crippen molar-refractivity contribution >= 4 is 17.7 Å². The summed E-state index contributed by atoms with van der Waals surface area (Å²) < 4.78 is 4.83. The van der Waals surface area contributed by atoms with Gasteiger partial charge in [-0.15, -0.1) is 0 Å². The molecule has 7 heteroatoms. The summed E-state index contributed by atoms with van der Waals surface area (Å²) in [5.74, 6) is 5.69. The van der Waals surface area contributed by atoms with Crippen LogP contribution in [-0.2, 0) is 9.53 Å². The van der Waals surface area contributed by atoms with E-state index in [9.17, 15) is 9.59 Å². The van der Waals surface area contributed by atoms with Crippen LogP contribution in [0.2, 0.25) is 0 Å². The van der Waals surface area contributed by atoms with Crippen LogP contribution in [0.1, 0.15) is 21.5 Å². The first kappa shape index (κ1) is 21.7. The van der Waals surface area contributed by atoms with Gasteiger partial charge in [-0.3, -0.25) is 9.78 Å². The number of pyridine rings is 2. The monoisotopic (exact) mass is 414 g/mol. The summed E-state index contributed by atoms with van der Waals surface area (Å²) in [6, 6.07) is 14.3. The minimum Gasteiger partial charge on any atom is -0.465 e. The predicted molar refractivity (Wildman–Crippen MR) is 118 cm³/mol. The van der Waals surface area contributed by atoms with Crippen molar-refractivity contribution in [1.29, 1.82) is 0 Å². The summed E-state index contributed by atoms with van der Waals surface area (Å²) in [5.41, 5.74) is 3.28. The second-order valence-corrected chi connectivity index (χ2v) is 6.97. The Bertz CT molecular complexity index is 1130. The standard InChI is InChI=1S/C24H22N4O3/c1-28(2)16-23(29)27-22-14-20(24(30)31-3)13-21(26-22)19-10-8-17(9-11-19)6-7-18-5-4-12-25-15-18/h4-5,8-15H,16H2,1-3H3,(H,26,27,29). The molecule has 0 saturated heterocycles. The topological polar surface area (TPSA) is 84.4 Å². The highest BCUT2D eigenvalue weighted by Gasteiger charge is 2.13. The fourth-order valence-electron chi connectivity index (χ4n) is 2.75. The number of nitrogens with zero attached hydrogens (tertiary/aromatic N) is 3. The van der Waals surface area contributed by atoms with Crippen LogP contribution < -0.4 is 5.32 Å². The van der Waals surface area contributed by atoms with Gasteiger partial charge in [0.25, 0.3) is 0 Å². The van der Waals surface area contributed by atoms with E-state index in [-0.39, 0.29) is 18.3 Å². The van der Waals surface area contributed by atoms with Gasteiger partial charge in [0.15, 0.2) is 0 Å². The van der Waals surface area contributed by atoms with Gasteiger partial charge in [0.2, 0.25) is 5.91 Å². The maximum atomic E-state index is 12.1. The molecule has 156 valence electrons. The maximum absolute atomic E-state index is 12.1. The quantitative estimate of drug-likeness (QED) is 0.511. The lowest BCUT2D eigenvalue weighted by molar-refractivity contribution is -0.116. The predicted octanol–water partition coefficient (Wildman–Crippen LogP) is 2.83. The van der Waals surface area contributed by atoms with Crippen LogP contribution in [0.25, 0.3) is 11.3 Å². The molecule has 0 aliphatic heterocycles. The Labute approximate surface area is 181 Å². The van der Waals surface area contributed by atoms with Gasteiger partial charge in [-0.2, -0.15) is 0 Å². The molecule has 1 amide bonds. The Morgan fingerprint density at radius 1 is 1.06 bits per heavy atom. The van der Waals surface area contributed by atoms with E-state index in [2.05, 4.69) is 27.1 Å². The zero-order valence-electron chi connectivity index (χ0n) is 17.5. The fourth-order valence-corrected chi connectivity index (χ4v) is 2.75. The number of methoxy groups -OCH3 is 1. The van der Waals surface area contributed by atoms with Gasteiger partial charge in [-0.25, -0.2) is 9.78 Å². The first-order chi connectivity index (χ1) is 14.9. The van der Waals surface area contributed by atoms with E-state index in [1.165, 1.54) is 13.2 Å². The third-order valence-corrected chi connectivity index (χ3v) is 4.17. The number of carbonyl (C=O) groups excluding carboxylic acids is 2. The molecule has 1 N–H and O–H groups in total. The molecule has 0 radical (unpaired) electrons. The number of amides is 1. The summed E-state index contributed by atoms with van der Waals surface area (Å²) in [6.45, 7) is 0.198. The van der Waals surface area contributed by atoms with Crippen LogP contribution in [0, 0.1) is 11.8 Å². The van der Waals surface area contributed by atoms with E-state index in [1.54, 1.807) is 37.5 Å². The molecule has 7 nitrogen and oxygen atoms in total. The van der Waals surface area contributed by atoms with E-state index in [0.29, 0.717) is 11.3 Å². The molecule has 31 heavy (non-hydrogen) atoms. The minimum atomic E-state index is -0.509. The number of rotatable bonds is 5. The molecule has 2 heterocycles. The lowest BCUT2D eigenvalue weighted by atomic mass is 10.1. The number of esters is 1. The number of aromatic nitrogens is 2. The van der Waals surface area contributed by atoms with Crippen molar-refractivity contribution in [2.24, 2.45) is 0 Å². The summed E-state index contributed by atoms with van der Waals surface area (Å²) in [6.07, 6.45) is 3.41. The smallest absolute Gasteiger partial charge is 0.338 e. The average Bonchev–Trinajstić information content (AvgIpc) is 2.77. The number of ether oxygens (including phenoxy) is 1. The molecule has 0 atom stereocenters. The molecule has 3 aromatic rings. The van der Waals surface area contributed by atoms with E-state index in [0.717, 1.165) is 16.7 Å². The van der Waals surface area contributed by atoms with Crippen LogP contribution in [0.4, 0.5) is 5.82 Å². The highest BCUT2D eigenvalue weighted by molar-refractivity contribution is 5.95. The van der Waals surface area contributed by atoms with Crippen LogP contribution in [-0.4, -0.2) is 54.5 Å². The SMILES string of the molecule is COC(=O)c1cc(NC(=O)CN(C)C)nc(-c2ccc(C#Cc3cccnc3)cc2)c1. The Morgan fingerprint density at radius 2 is 1.81 bits per heavy atom. The van der Waals surface area contributed by atoms with E-state index in [4.69, 9.17) is 4.74 Å². The van der Waals surface area contributed by atoms with E-state index in [1.807, 2.05) is 36.4 Å². The minimum absolute atomic E-state index is 0.198. The van der Waals surface area contributed by atoms with Gasteiger partial charge in [0.05, 0.1) is 24.9 Å². The van der Waals surface area contributed by atoms with Crippen molar-refractivity contribution in [3.63, 3.8) is 0 Å². The number of anilines is 1. The highest BCUT2D eigenvalue weighted by atomic mass is 16.5. The van der Waals surface area contributed by atoms with E-state index >= 15 is 0 Å². The van der Waals surface area contributed by atoms with Crippen LogP contribution in [0.15, 0.2) is 60.9 Å². The summed E-state index contributed by atoms with van der Waals surface area (Å²) in [5, 5.41) is 2.72. The number of benzene rings is 1. The zero-order chi connectivity index (χ0) is 22.2. The molecule has 0 unspecified atom stereocenters. The number of hydrogen-bond acceptors (Lipinski definition) is 6. The molecular weight excluding hydrogens is 392 g/mol. The lowest BCUT2D eigenvalue weighted by Crippen LogP contribution is -2.27. The maximum Gasteiger partial charge on any atom is 0.338 e. The Kier molecular flexibility index (Phi) is 7.09. The van der Waals surface area contributed by atoms with Gasteiger partial charge in [0, 0.05) is 29.1 Å². The van der Waals surface area contributed by atoms with Gasteiger partial charge < -0.3 is 15.0 Å². The molecule has 1 aromatic carbocycles. The Morgan fingerprint density at radius 3 is 2.45 bits per heavy atom. The molecule has 0 fully saturated rings. The number of carbonyl (C=O) groups is 2. The first-order valence-corrected chi connectivity index (χ1v) is 9.52. The van der Waals surface area contributed by atoms with Crippen molar-refractivity contribution < 1.29 is 14.3 Å². The normalized spacial score (nSPS) is 10.2. The molecule has 0 aliphatic rings. The second-order valence-electron chi connectivity index (χ2n) is 6.97. The van der Waals surface area contributed by atoms with E-state index < -0.39 is 5.97 Å². The molecule has 3 rings (SSSR count). The largest absolute Gasteiger partial charge is 0.465 e. The molecule has 0 bridgehead atoms. The van der Waals surface area contributed by atoms with Crippen LogP contribution in [0.3, 0.4) is 0 Å². The third kappa shape index (κ3) is 6.23. The summed E-state index contributed by atoms with van der Waals surface area (Å²) in [4.78, 5) is 34.5. The highest BCUT2D eigenvalue weighted by Crippen LogP contribution is 2.22. The van der Waals surface area contributed by atoms with Gasteiger partial charge >= 0.3 is 5.97 Å². The van der Waals surface area contributed by atoms with Gasteiger partial charge in [-0.05, 0) is 50.5 Å². The van der Waals surface area contributed by atoms with Gasteiger partial charge in [-0.1, -0.05) is 24.0 Å². The summed E-state index contributed by atoms with van der Waals surface area (Å²) >= 11 is 0. The lowest BCUT2D eigenvalue weighted by Gasteiger charge is -2.12. The Balaban J connectivity index is 1.88. The Hall–Kier alpha value is -4.02. The second kappa shape index (κ2) is 10.1. The number of hydrogen-bond donors (Lipinski definition) is 1. The van der Waals surface area contributed by atoms with Crippen molar-refractivity contribution in [3.05, 3.63) is 77.6 Å². The third-order valence-electron chi connectivity index (χ3n) is 4.17. The van der Waals surface area contributed by atoms with Crippen molar-refractivity contribution in [3.8, 4) is 23.1 Å². The number of likely N-dealkylation sites (N-methyl/N-ethyl adjacent to an activating group) is 1. The van der Waals surface area contributed by atoms with Gasteiger partial charge in [0.1, 0.15) is 5.82 Å². The number of nitrogens with one attached hydrogen (secondary N) is 1. The molecule has 0 saturated carbocycles. The molecule has 2 aromatic heterocycles. The van der Waals surface area contributed by atoms with Crippen molar-refractivity contribution in [2.45, 2.75) is 0 Å². The molecule has 0 spiro atoms. The zero-order valence-corrected chi connectivity index (χ0v) is 17.5. The van der Waals surface area contributed by atoms with Crippen molar-refractivity contribution in [2.75, 3.05) is 33.1 Å². The molecule has 0 aliphatic carbocycles. The average molecular weight is 414 g/mol. The fraction of sp³-hybridized carbons (Fsp3) is 0.167. The molecular formula is C24H22N4O3. The summed E-state index contributed by atoms with van der Waals surface area (Å²) in [7, 11) is 4.90. The van der Waals surface area contributed by atoms with Crippen LogP contribution in [0.5, 0.6) is 0 Å². The van der Waals surface area contributed by atoms with Crippen LogP contribution >= 0.6 is 0 Å².